The summed E-state index contributed by atoms with van der Waals surface area (Å²) < 4.78 is 1.68. The summed E-state index contributed by atoms with van der Waals surface area (Å²) in [6, 6.07) is 14.1. The fourth-order valence-corrected chi connectivity index (χ4v) is 4.00. The van der Waals surface area contributed by atoms with Crippen LogP contribution >= 0.6 is 11.8 Å². The molecule has 1 N–H and O–H groups in total. The number of para-hydroxylation sites is 1. The summed E-state index contributed by atoms with van der Waals surface area (Å²) in [7, 11) is 0. The van der Waals surface area contributed by atoms with Crippen molar-refractivity contribution in [3.63, 3.8) is 0 Å². The average Bonchev–Trinajstić information content (AvgIpc) is 3.15. The number of nitrogens with zero attached hydrogens (tertiary/aromatic N) is 4. The second kappa shape index (κ2) is 9.22. The van der Waals surface area contributed by atoms with Gasteiger partial charge in [-0.25, -0.2) is 0 Å². The standard InChI is InChI=1S/C22H27N5OS/c1-6-16(4)19-9-7-8-10-20(19)23-21(28)17(5)29-22-24-25-26-27(22)18-12-14(2)11-15(3)13-18/h7-13,16-17H,6H2,1-5H3,(H,23,28)/t16-,17+/m1/s1. The van der Waals surface area contributed by atoms with E-state index in [0.717, 1.165) is 34.5 Å². The summed E-state index contributed by atoms with van der Waals surface area (Å²) in [5.41, 5.74) is 5.19. The summed E-state index contributed by atoms with van der Waals surface area (Å²) in [4.78, 5) is 12.8. The Hall–Kier alpha value is -2.67. The lowest BCUT2D eigenvalue weighted by atomic mass is 9.97. The number of carbonyl (C=O) groups is 1. The van der Waals surface area contributed by atoms with Crippen molar-refractivity contribution in [2.24, 2.45) is 0 Å². The molecule has 2 aromatic carbocycles. The molecule has 1 heterocycles. The number of aryl methyl sites for hydroxylation is 2. The number of hydrogen-bond acceptors (Lipinski definition) is 5. The van der Waals surface area contributed by atoms with Crippen molar-refractivity contribution >= 4 is 23.4 Å². The van der Waals surface area contributed by atoms with E-state index in [0.29, 0.717) is 11.1 Å². The maximum absolute atomic E-state index is 12.8. The largest absolute Gasteiger partial charge is 0.325 e. The van der Waals surface area contributed by atoms with E-state index in [1.54, 1.807) is 4.68 Å². The molecule has 3 aromatic rings. The minimum atomic E-state index is -0.351. The van der Waals surface area contributed by atoms with Crippen LogP contribution in [0.2, 0.25) is 0 Å². The van der Waals surface area contributed by atoms with Crippen molar-refractivity contribution in [2.75, 3.05) is 5.32 Å². The van der Waals surface area contributed by atoms with Crippen LogP contribution in [-0.2, 0) is 4.79 Å². The number of aromatic nitrogens is 4. The molecule has 0 aliphatic rings. The van der Waals surface area contributed by atoms with E-state index in [4.69, 9.17) is 0 Å². The Bertz CT molecular complexity index is 980. The Morgan fingerprint density at radius 2 is 1.83 bits per heavy atom. The van der Waals surface area contributed by atoms with Gasteiger partial charge in [-0.2, -0.15) is 4.68 Å². The number of hydrogen-bond donors (Lipinski definition) is 1. The van der Waals surface area contributed by atoms with Crippen LogP contribution in [0.3, 0.4) is 0 Å². The highest BCUT2D eigenvalue weighted by atomic mass is 32.2. The Kier molecular flexibility index (Phi) is 6.69. The van der Waals surface area contributed by atoms with E-state index < -0.39 is 0 Å². The molecule has 0 radical (unpaired) electrons. The molecule has 1 amide bonds. The number of tetrazole rings is 1. The SMILES string of the molecule is CC[C@@H](C)c1ccccc1NC(=O)[C@H](C)Sc1nnnn1-c1cc(C)cc(C)c1. The first-order chi connectivity index (χ1) is 13.9. The zero-order valence-corrected chi connectivity index (χ0v) is 18.3. The molecule has 0 fully saturated rings. The van der Waals surface area contributed by atoms with Crippen LogP contribution in [0.5, 0.6) is 0 Å². The smallest absolute Gasteiger partial charge is 0.237 e. The molecule has 6 nitrogen and oxygen atoms in total. The van der Waals surface area contributed by atoms with Crippen molar-refractivity contribution in [1.82, 2.24) is 20.2 Å². The van der Waals surface area contributed by atoms with E-state index in [1.807, 2.05) is 51.1 Å². The normalized spacial score (nSPS) is 13.1. The molecule has 7 heteroatoms. The highest BCUT2D eigenvalue weighted by Crippen LogP contribution is 2.28. The number of carbonyl (C=O) groups excluding carboxylic acids is 1. The van der Waals surface area contributed by atoms with Crippen LogP contribution in [0.1, 0.15) is 49.8 Å². The highest BCUT2D eigenvalue weighted by molar-refractivity contribution is 8.00. The Morgan fingerprint density at radius 1 is 1.14 bits per heavy atom. The molecule has 2 atom stereocenters. The lowest BCUT2D eigenvalue weighted by molar-refractivity contribution is -0.115. The van der Waals surface area contributed by atoms with E-state index in [9.17, 15) is 4.79 Å². The number of thioether (sulfide) groups is 1. The first kappa shape index (κ1) is 21.0. The molecule has 0 aliphatic heterocycles. The third kappa shape index (κ3) is 5.03. The van der Waals surface area contributed by atoms with Gasteiger partial charge in [-0.3, -0.25) is 4.79 Å². The van der Waals surface area contributed by atoms with Gasteiger partial charge in [0.2, 0.25) is 11.1 Å². The molecule has 0 spiro atoms. The Labute approximate surface area is 176 Å². The second-order valence-corrected chi connectivity index (χ2v) is 8.67. The summed E-state index contributed by atoms with van der Waals surface area (Å²) >= 11 is 1.35. The monoisotopic (exact) mass is 409 g/mol. The number of anilines is 1. The van der Waals surface area contributed by atoms with Crippen molar-refractivity contribution < 1.29 is 4.79 Å². The lowest BCUT2D eigenvalue weighted by Gasteiger charge is -2.17. The van der Waals surface area contributed by atoms with E-state index in [1.165, 1.54) is 11.8 Å². The van der Waals surface area contributed by atoms with Crippen LogP contribution < -0.4 is 5.32 Å². The van der Waals surface area contributed by atoms with Gasteiger partial charge in [0.25, 0.3) is 0 Å². The maximum Gasteiger partial charge on any atom is 0.237 e. The van der Waals surface area contributed by atoms with E-state index in [-0.39, 0.29) is 11.2 Å². The van der Waals surface area contributed by atoms with Gasteiger partial charge in [0, 0.05) is 5.69 Å². The summed E-state index contributed by atoms with van der Waals surface area (Å²) in [5.74, 6) is 0.312. The number of nitrogens with one attached hydrogen (secondary N) is 1. The van der Waals surface area contributed by atoms with E-state index >= 15 is 0 Å². The first-order valence-corrected chi connectivity index (χ1v) is 10.7. The topological polar surface area (TPSA) is 72.7 Å². The van der Waals surface area contributed by atoms with Gasteiger partial charge >= 0.3 is 0 Å². The van der Waals surface area contributed by atoms with Crippen LogP contribution in [0.15, 0.2) is 47.6 Å². The fraction of sp³-hybridized carbons (Fsp3) is 0.364. The zero-order chi connectivity index (χ0) is 21.0. The van der Waals surface area contributed by atoms with Gasteiger partial charge in [-0.1, -0.05) is 49.9 Å². The van der Waals surface area contributed by atoms with Gasteiger partial charge in [-0.15, -0.1) is 5.10 Å². The van der Waals surface area contributed by atoms with Crippen LogP contribution in [0.25, 0.3) is 5.69 Å². The van der Waals surface area contributed by atoms with Crippen LogP contribution in [0, 0.1) is 13.8 Å². The van der Waals surface area contributed by atoms with Crippen LogP contribution in [-0.4, -0.2) is 31.4 Å². The predicted octanol–water partition coefficient (Wildman–Crippen LogP) is 4.91. The maximum atomic E-state index is 12.8. The first-order valence-electron chi connectivity index (χ1n) is 9.82. The summed E-state index contributed by atoms with van der Waals surface area (Å²) in [5, 5.41) is 15.4. The number of benzene rings is 2. The lowest BCUT2D eigenvalue weighted by Crippen LogP contribution is -2.23. The molecule has 0 bridgehead atoms. The summed E-state index contributed by atoms with van der Waals surface area (Å²) in [6.07, 6.45) is 1.02. The van der Waals surface area contributed by atoms with Gasteiger partial charge in [0.05, 0.1) is 10.9 Å². The molecular formula is C22H27N5OS. The van der Waals surface area contributed by atoms with Crippen molar-refractivity contribution in [2.45, 2.75) is 57.4 Å². The summed E-state index contributed by atoms with van der Waals surface area (Å²) in [6.45, 7) is 10.3. The predicted molar refractivity (Wildman–Crippen MR) is 118 cm³/mol. The van der Waals surface area contributed by atoms with Crippen molar-refractivity contribution in [3.8, 4) is 5.69 Å². The Morgan fingerprint density at radius 3 is 2.52 bits per heavy atom. The third-order valence-electron chi connectivity index (χ3n) is 4.91. The molecule has 0 saturated carbocycles. The molecule has 0 aliphatic carbocycles. The highest BCUT2D eigenvalue weighted by Gasteiger charge is 2.21. The Balaban J connectivity index is 1.76. The number of amides is 1. The van der Waals surface area contributed by atoms with Crippen LogP contribution in [0.4, 0.5) is 5.69 Å². The molecule has 0 unspecified atom stereocenters. The zero-order valence-electron chi connectivity index (χ0n) is 17.5. The number of rotatable bonds is 7. The van der Waals surface area contributed by atoms with Gasteiger partial charge < -0.3 is 5.32 Å². The molecule has 0 saturated heterocycles. The quantitative estimate of drug-likeness (QED) is 0.561. The van der Waals surface area contributed by atoms with Crippen molar-refractivity contribution in [1.29, 1.82) is 0 Å². The minimum absolute atomic E-state index is 0.0688. The van der Waals surface area contributed by atoms with Gasteiger partial charge in [-0.05, 0) is 78.4 Å². The molecule has 29 heavy (non-hydrogen) atoms. The second-order valence-electron chi connectivity index (χ2n) is 7.37. The molecule has 152 valence electrons. The van der Waals surface area contributed by atoms with E-state index in [2.05, 4.69) is 46.8 Å². The van der Waals surface area contributed by atoms with Crippen molar-refractivity contribution in [3.05, 3.63) is 59.2 Å². The molecular weight excluding hydrogens is 382 g/mol. The third-order valence-corrected chi connectivity index (χ3v) is 5.94. The molecule has 3 rings (SSSR count). The van der Waals surface area contributed by atoms with Gasteiger partial charge in [0.1, 0.15) is 0 Å². The fourth-order valence-electron chi connectivity index (χ4n) is 3.19. The van der Waals surface area contributed by atoms with Gasteiger partial charge in [0.15, 0.2) is 0 Å². The molecule has 1 aromatic heterocycles. The minimum Gasteiger partial charge on any atom is -0.325 e. The average molecular weight is 410 g/mol.